The quantitative estimate of drug-likeness (QED) is 0.698. The van der Waals surface area contributed by atoms with Gasteiger partial charge in [0.1, 0.15) is 0 Å². The average Bonchev–Trinajstić information content (AvgIpc) is 3.07. The second-order valence-electron chi connectivity index (χ2n) is 9.12. The van der Waals surface area contributed by atoms with Crippen molar-refractivity contribution < 1.29 is 9.59 Å². The summed E-state index contributed by atoms with van der Waals surface area (Å²) in [6.07, 6.45) is 3.92. The molecule has 2 atom stereocenters. The fraction of sp³-hybridized carbons (Fsp3) is 0.462. The first-order chi connectivity index (χ1) is 15.2. The molecule has 5 heteroatoms. The van der Waals surface area contributed by atoms with Crippen molar-refractivity contribution in [1.82, 2.24) is 14.7 Å². The number of hydrogen-bond acceptors (Lipinski definition) is 4. The van der Waals surface area contributed by atoms with Crippen molar-refractivity contribution in [2.45, 2.75) is 31.7 Å². The predicted octanol–water partition coefficient (Wildman–Crippen LogP) is 3.53. The summed E-state index contributed by atoms with van der Waals surface area (Å²) in [5.41, 5.74) is 2.60. The van der Waals surface area contributed by atoms with Crippen molar-refractivity contribution in [3.05, 3.63) is 71.8 Å². The van der Waals surface area contributed by atoms with Gasteiger partial charge >= 0.3 is 0 Å². The monoisotopic (exact) mass is 417 g/mol. The van der Waals surface area contributed by atoms with Gasteiger partial charge < -0.3 is 0 Å². The van der Waals surface area contributed by atoms with Gasteiger partial charge in [0.2, 0.25) is 11.8 Å². The zero-order valence-corrected chi connectivity index (χ0v) is 18.0. The van der Waals surface area contributed by atoms with Gasteiger partial charge in [-0.05, 0) is 24.0 Å². The molecule has 0 aromatic heterocycles. The number of carbonyl (C=O) groups is 2. The summed E-state index contributed by atoms with van der Waals surface area (Å²) >= 11 is 0. The second kappa shape index (κ2) is 8.93. The maximum absolute atomic E-state index is 12.8. The van der Waals surface area contributed by atoms with Crippen LogP contribution in [0.4, 0.5) is 0 Å². The van der Waals surface area contributed by atoms with E-state index in [1.165, 1.54) is 11.1 Å². The Morgan fingerprint density at radius 1 is 0.710 bits per heavy atom. The van der Waals surface area contributed by atoms with E-state index in [1.54, 1.807) is 4.90 Å². The van der Waals surface area contributed by atoms with Gasteiger partial charge in [0.05, 0.1) is 24.5 Å². The number of rotatable bonds is 5. The van der Waals surface area contributed by atoms with Crippen LogP contribution in [0, 0.1) is 11.8 Å². The third-order valence-corrected chi connectivity index (χ3v) is 7.28. The number of piperazine rings is 1. The Kier molecular flexibility index (Phi) is 5.88. The first-order valence-corrected chi connectivity index (χ1v) is 11.6. The Balaban J connectivity index is 1.26. The van der Waals surface area contributed by atoms with Gasteiger partial charge in [-0.3, -0.25) is 24.3 Å². The maximum Gasteiger partial charge on any atom is 0.234 e. The van der Waals surface area contributed by atoms with Crippen LogP contribution in [0.3, 0.4) is 0 Å². The number of likely N-dealkylation sites (tertiary alicyclic amines) is 1. The lowest BCUT2D eigenvalue weighted by Gasteiger charge is -2.40. The number of benzene rings is 2. The van der Waals surface area contributed by atoms with Crippen molar-refractivity contribution in [2.24, 2.45) is 11.8 Å². The van der Waals surface area contributed by atoms with Gasteiger partial charge in [-0.2, -0.15) is 0 Å². The number of imide groups is 1. The highest BCUT2D eigenvalue weighted by Crippen LogP contribution is 2.38. The molecular formula is C26H31N3O2. The molecule has 5 nitrogen and oxygen atoms in total. The van der Waals surface area contributed by atoms with Crippen molar-refractivity contribution in [3.63, 3.8) is 0 Å². The van der Waals surface area contributed by atoms with Gasteiger partial charge in [0.15, 0.2) is 0 Å². The van der Waals surface area contributed by atoms with Crippen LogP contribution in [0.5, 0.6) is 0 Å². The van der Waals surface area contributed by atoms with Crippen LogP contribution in [0.2, 0.25) is 0 Å². The molecular weight excluding hydrogens is 386 g/mol. The molecule has 0 spiro atoms. The molecule has 2 aromatic rings. The Hall–Kier alpha value is -2.50. The van der Waals surface area contributed by atoms with E-state index < -0.39 is 0 Å². The van der Waals surface area contributed by atoms with E-state index in [0.29, 0.717) is 6.67 Å². The molecule has 0 N–H and O–H groups in total. The van der Waals surface area contributed by atoms with E-state index in [0.717, 1.165) is 51.9 Å². The fourth-order valence-corrected chi connectivity index (χ4v) is 5.62. The molecule has 5 rings (SSSR count). The summed E-state index contributed by atoms with van der Waals surface area (Å²) in [5, 5.41) is 0. The lowest BCUT2D eigenvalue weighted by molar-refractivity contribution is -0.142. The number of hydrogen-bond donors (Lipinski definition) is 0. The summed E-state index contributed by atoms with van der Waals surface area (Å²) in [6.45, 7) is 4.01. The van der Waals surface area contributed by atoms with E-state index in [4.69, 9.17) is 0 Å². The Labute approximate surface area is 184 Å². The van der Waals surface area contributed by atoms with E-state index in [9.17, 15) is 9.59 Å². The smallest absolute Gasteiger partial charge is 0.234 e. The van der Waals surface area contributed by atoms with Crippen LogP contribution in [0.25, 0.3) is 0 Å². The molecule has 1 aliphatic carbocycles. The summed E-state index contributed by atoms with van der Waals surface area (Å²) < 4.78 is 0. The van der Waals surface area contributed by atoms with Gasteiger partial charge in [-0.25, -0.2) is 0 Å². The van der Waals surface area contributed by atoms with Crippen LogP contribution in [0.1, 0.15) is 42.9 Å². The van der Waals surface area contributed by atoms with Crippen LogP contribution >= 0.6 is 0 Å². The molecule has 2 heterocycles. The van der Waals surface area contributed by atoms with Gasteiger partial charge in [-0.1, -0.05) is 73.5 Å². The molecule has 3 aliphatic rings. The third kappa shape index (κ3) is 4.04. The molecule has 2 aromatic carbocycles. The fourth-order valence-electron chi connectivity index (χ4n) is 5.62. The highest BCUT2D eigenvalue weighted by atomic mass is 16.2. The third-order valence-electron chi connectivity index (χ3n) is 7.28. The number of fused-ring (bicyclic) bond motifs is 1. The Morgan fingerprint density at radius 3 is 1.68 bits per heavy atom. The minimum absolute atomic E-state index is 0.0527. The summed E-state index contributed by atoms with van der Waals surface area (Å²) in [4.78, 5) is 32.0. The van der Waals surface area contributed by atoms with Crippen LogP contribution in [-0.4, -0.2) is 59.4 Å². The summed E-state index contributed by atoms with van der Waals surface area (Å²) in [5.74, 6) is 0.0401. The Morgan fingerprint density at radius 2 is 1.19 bits per heavy atom. The zero-order chi connectivity index (χ0) is 21.2. The maximum atomic E-state index is 12.8. The van der Waals surface area contributed by atoms with Crippen LogP contribution < -0.4 is 0 Å². The van der Waals surface area contributed by atoms with E-state index >= 15 is 0 Å². The number of nitrogens with zero attached hydrogens (tertiary/aromatic N) is 3. The summed E-state index contributed by atoms with van der Waals surface area (Å²) in [6, 6.07) is 21.6. The molecule has 2 aliphatic heterocycles. The van der Waals surface area contributed by atoms with Crippen molar-refractivity contribution in [2.75, 3.05) is 32.8 Å². The van der Waals surface area contributed by atoms with E-state index in [1.807, 2.05) is 0 Å². The average molecular weight is 418 g/mol. The number of carbonyl (C=O) groups excluding carboxylic acids is 2. The molecule has 0 bridgehead atoms. The standard InChI is InChI=1S/C26H31N3O2/c30-25-22-13-7-8-14-23(22)26(31)29(25)19-27-15-17-28(18-16-27)24(20-9-3-1-4-10-20)21-11-5-2-6-12-21/h1-6,9-12,22-24H,7-8,13-19H2/t22-,23+. The Bertz CT molecular complexity index is 845. The largest absolute Gasteiger partial charge is 0.290 e. The molecule has 2 saturated heterocycles. The molecule has 1 saturated carbocycles. The normalized spacial score (nSPS) is 25.3. The second-order valence-corrected chi connectivity index (χ2v) is 9.12. The molecule has 0 radical (unpaired) electrons. The van der Waals surface area contributed by atoms with Crippen molar-refractivity contribution >= 4 is 11.8 Å². The van der Waals surface area contributed by atoms with Crippen molar-refractivity contribution in [1.29, 1.82) is 0 Å². The summed E-state index contributed by atoms with van der Waals surface area (Å²) in [7, 11) is 0. The van der Waals surface area contributed by atoms with E-state index in [2.05, 4.69) is 70.5 Å². The molecule has 31 heavy (non-hydrogen) atoms. The SMILES string of the molecule is O=C1[C@H]2CCCC[C@H]2C(=O)N1CN1CCN(C(c2ccccc2)c2ccccc2)CC1. The van der Waals surface area contributed by atoms with Gasteiger partial charge in [0, 0.05) is 26.2 Å². The molecule has 3 fully saturated rings. The van der Waals surface area contributed by atoms with Gasteiger partial charge in [0.25, 0.3) is 0 Å². The lowest BCUT2D eigenvalue weighted by atomic mass is 9.81. The van der Waals surface area contributed by atoms with Crippen LogP contribution in [-0.2, 0) is 9.59 Å². The zero-order valence-electron chi connectivity index (χ0n) is 18.0. The molecule has 2 amide bonds. The molecule has 162 valence electrons. The highest BCUT2D eigenvalue weighted by molar-refractivity contribution is 6.05. The molecule has 0 unspecified atom stereocenters. The van der Waals surface area contributed by atoms with E-state index in [-0.39, 0.29) is 29.7 Å². The topological polar surface area (TPSA) is 43.9 Å². The van der Waals surface area contributed by atoms with Crippen LogP contribution in [0.15, 0.2) is 60.7 Å². The van der Waals surface area contributed by atoms with Crippen molar-refractivity contribution in [3.8, 4) is 0 Å². The van der Waals surface area contributed by atoms with Gasteiger partial charge in [-0.15, -0.1) is 0 Å². The predicted molar refractivity (Wildman–Crippen MR) is 120 cm³/mol. The highest BCUT2D eigenvalue weighted by Gasteiger charge is 2.48. The first kappa shape index (κ1) is 20.4. The minimum Gasteiger partial charge on any atom is -0.290 e. The first-order valence-electron chi connectivity index (χ1n) is 11.6. The lowest BCUT2D eigenvalue weighted by Crippen LogP contribution is -2.52. The number of amides is 2. The minimum atomic E-state index is -0.0527.